The first-order valence-electron chi connectivity index (χ1n) is 13.7. The zero-order valence-electron chi connectivity index (χ0n) is 21.3. The van der Waals surface area contributed by atoms with E-state index in [4.69, 9.17) is 0 Å². The summed E-state index contributed by atoms with van der Waals surface area (Å²) in [5.74, 6) is 0.169. The summed E-state index contributed by atoms with van der Waals surface area (Å²) in [6.45, 7) is 6.22. The Labute approximate surface area is 207 Å². The number of aliphatic hydroxyl groups excluding tert-OH is 1. The molecule has 9 heteroatoms. The lowest BCUT2D eigenvalue weighted by Gasteiger charge is -2.40. The number of hydrogen-bond donors (Lipinski definition) is 2. The van der Waals surface area contributed by atoms with Crippen LogP contribution in [0, 0.1) is 5.41 Å². The number of aromatic nitrogens is 3. The van der Waals surface area contributed by atoms with Crippen LogP contribution in [0.15, 0.2) is 6.20 Å². The van der Waals surface area contributed by atoms with E-state index in [1.54, 1.807) is 9.58 Å². The van der Waals surface area contributed by atoms with Gasteiger partial charge in [0.25, 0.3) is 0 Å². The first-order chi connectivity index (χ1) is 16.7. The quantitative estimate of drug-likeness (QED) is 0.640. The van der Waals surface area contributed by atoms with Crippen LogP contribution < -0.4 is 5.32 Å². The molecule has 35 heavy (non-hydrogen) atoms. The number of hydrogen-bond acceptors (Lipinski definition) is 6. The lowest BCUT2D eigenvalue weighted by atomic mass is 9.85. The Morgan fingerprint density at radius 2 is 1.69 bits per heavy atom. The number of fused-ring (bicyclic) bond motifs is 2. The van der Waals surface area contributed by atoms with Crippen LogP contribution in [0.5, 0.6) is 0 Å². The van der Waals surface area contributed by atoms with Gasteiger partial charge >= 0.3 is 0 Å². The topological polar surface area (TPSA) is 104 Å². The fourth-order valence-corrected chi connectivity index (χ4v) is 6.92. The second-order valence-corrected chi connectivity index (χ2v) is 12.8. The molecule has 3 aliphatic heterocycles. The number of carbonyl (C=O) groups is 2. The Morgan fingerprint density at radius 1 is 1.03 bits per heavy atom. The fraction of sp³-hybridized carbons (Fsp3) is 0.846. The molecular weight excluding hydrogens is 444 g/mol. The maximum Gasteiger partial charge on any atom is 0.248 e. The Kier molecular flexibility index (Phi) is 5.71. The van der Waals surface area contributed by atoms with Crippen molar-refractivity contribution in [2.45, 2.75) is 127 Å². The summed E-state index contributed by atoms with van der Waals surface area (Å²) in [5, 5.41) is 22.4. The van der Waals surface area contributed by atoms with Crippen molar-refractivity contribution in [1.82, 2.24) is 30.1 Å². The molecule has 9 nitrogen and oxygen atoms in total. The van der Waals surface area contributed by atoms with Crippen molar-refractivity contribution in [3.05, 3.63) is 11.9 Å². The van der Waals surface area contributed by atoms with Crippen molar-refractivity contribution in [3.8, 4) is 0 Å². The molecular formula is C26H40N6O3. The monoisotopic (exact) mass is 484 g/mol. The number of carbonyl (C=O) groups excluding carboxylic acids is 2. The molecule has 2 amide bonds. The van der Waals surface area contributed by atoms with E-state index in [-0.39, 0.29) is 30.8 Å². The molecule has 5 aliphatic rings. The summed E-state index contributed by atoms with van der Waals surface area (Å²) in [5.41, 5.74) is 0.518. The number of piperidine rings is 1. The van der Waals surface area contributed by atoms with Crippen molar-refractivity contribution < 1.29 is 14.7 Å². The van der Waals surface area contributed by atoms with Gasteiger partial charge in [-0.15, -0.1) is 5.10 Å². The van der Waals surface area contributed by atoms with Gasteiger partial charge in [-0.1, -0.05) is 26.0 Å². The van der Waals surface area contributed by atoms with Gasteiger partial charge in [-0.2, -0.15) is 0 Å². The zero-order chi connectivity index (χ0) is 24.5. The molecule has 3 saturated heterocycles. The highest BCUT2D eigenvalue weighted by atomic mass is 16.3. The number of nitrogens with zero attached hydrogens (tertiary/aromatic N) is 5. The molecule has 0 aromatic carbocycles. The van der Waals surface area contributed by atoms with E-state index in [0.29, 0.717) is 18.0 Å². The Hall–Kier alpha value is -2.00. The lowest BCUT2D eigenvalue weighted by Crippen LogP contribution is -2.55. The van der Waals surface area contributed by atoms with E-state index < -0.39 is 23.6 Å². The normalized spacial score (nSPS) is 34.3. The molecule has 6 rings (SSSR count). The highest BCUT2D eigenvalue weighted by Crippen LogP contribution is 2.44. The number of aliphatic hydroxyl groups is 1. The number of nitrogens with one attached hydrogen (secondary N) is 1. The third-order valence-corrected chi connectivity index (χ3v) is 8.81. The average molecular weight is 485 g/mol. The molecule has 192 valence electrons. The SMILES string of the molecule is CC(C)(C)[C@@H](C(=O)N1CC(O)CC1C(=O)NC1CC2CCC(C1)N2C1CC1)n1cc(C2CC2)nn1. The lowest BCUT2D eigenvalue weighted by molar-refractivity contribution is -0.144. The van der Waals surface area contributed by atoms with Crippen LogP contribution in [0.25, 0.3) is 0 Å². The second kappa shape index (κ2) is 8.54. The smallest absolute Gasteiger partial charge is 0.248 e. The number of rotatable bonds is 6. The van der Waals surface area contributed by atoms with Gasteiger partial charge in [0.1, 0.15) is 12.1 Å². The van der Waals surface area contributed by atoms with Crippen LogP contribution in [0.4, 0.5) is 0 Å². The standard InChI is InChI=1S/C26H40N6O3/c1-26(2,3)23(31-14-21(28-29-31)15-4-5-15)25(35)30-13-20(33)12-22(30)24(34)27-16-10-18-8-9-19(11-16)32(18)17-6-7-17/h14-20,22-23,33H,4-13H2,1-3H3,(H,27,34)/t16?,18?,19?,20?,22?,23-/m1/s1. The first-order valence-corrected chi connectivity index (χ1v) is 13.7. The predicted octanol–water partition coefficient (Wildman–Crippen LogP) is 1.98. The number of β-amino-alcohol motifs (C(OH)–C–C–N with tert-alkyl or cyclic N) is 1. The van der Waals surface area contributed by atoms with Gasteiger partial charge < -0.3 is 15.3 Å². The molecule has 4 unspecified atom stereocenters. The Bertz CT molecular complexity index is 966. The minimum atomic E-state index is -0.694. The highest BCUT2D eigenvalue weighted by molar-refractivity contribution is 5.90. The molecule has 4 heterocycles. The molecule has 1 aromatic rings. The van der Waals surface area contributed by atoms with Gasteiger partial charge in [0.2, 0.25) is 11.8 Å². The molecule has 5 fully saturated rings. The maximum absolute atomic E-state index is 13.9. The van der Waals surface area contributed by atoms with E-state index >= 15 is 0 Å². The predicted molar refractivity (Wildman–Crippen MR) is 129 cm³/mol. The first kappa shape index (κ1) is 23.4. The van der Waals surface area contributed by atoms with E-state index in [1.165, 1.54) is 25.7 Å². The summed E-state index contributed by atoms with van der Waals surface area (Å²) < 4.78 is 1.68. The molecule has 2 bridgehead atoms. The summed E-state index contributed by atoms with van der Waals surface area (Å²) in [4.78, 5) is 31.7. The minimum absolute atomic E-state index is 0.121. The van der Waals surface area contributed by atoms with Gasteiger partial charge in [-0.3, -0.25) is 14.5 Å². The van der Waals surface area contributed by atoms with Crippen molar-refractivity contribution in [1.29, 1.82) is 0 Å². The average Bonchev–Trinajstić information content (AvgIpc) is 3.71. The van der Waals surface area contributed by atoms with E-state index in [0.717, 1.165) is 37.4 Å². The van der Waals surface area contributed by atoms with Crippen LogP contribution in [0.1, 0.15) is 96.2 Å². The van der Waals surface area contributed by atoms with E-state index in [9.17, 15) is 14.7 Å². The number of amides is 2. The summed E-state index contributed by atoms with van der Waals surface area (Å²) in [7, 11) is 0. The zero-order valence-corrected chi connectivity index (χ0v) is 21.3. The largest absolute Gasteiger partial charge is 0.391 e. The van der Waals surface area contributed by atoms with Crippen LogP contribution in [-0.2, 0) is 9.59 Å². The van der Waals surface area contributed by atoms with E-state index in [2.05, 4.69) is 20.5 Å². The van der Waals surface area contributed by atoms with Crippen molar-refractivity contribution in [2.75, 3.05) is 6.54 Å². The summed E-state index contributed by atoms with van der Waals surface area (Å²) >= 11 is 0. The third-order valence-electron chi connectivity index (χ3n) is 8.81. The highest BCUT2D eigenvalue weighted by Gasteiger charge is 2.49. The number of likely N-dealkylation sites (tertiary alicyclic amines) is 1. The molecule has 1 aromatic heterocycles. The fourth-order valence-electron chi connectivity index (χ4n) is 6.92. The van der Waals surface area contributed by atoms with Crippen molar-refractivity contribution >= 4 is 11.8 Å². The molecule has 5 atom stereocenters. The molecule has 2 aliphatic carbocycles. The summed E-state index contributed by atoms with van der Waals surface area (Å²) in [6, 6.07) is 0.857. The van der Waals surface area contributed by atoms with Crippen LogP contribution >= 0.6 is 0 Å². The second-order valence-electron chi connectivity index (χ2n) is 12.8. The molecule has 0 spiro atoms. The van der Waals surface area contributed by atoms with Crippen LogP contribution in [-0.4, -0.2) is 84.6 Å². The molecule has 2 saturated carbocycles. The third kappa shape index (κ3) is 4.50. The van der Waals surface area contributed by atoms with Crippen LogP contribution in [0.3, 0.4) is 0 Å². The Balaban J connectivity index is 1.16. The molecule has 2 N–H and O–H groups in total. The Morgan fingerprint density at radius 3 is 2.29 bits per heavy atom. The van der Waals surface area contributed by atoms with Crippen molar-refractivity contribution in [2.24, 2.45) is 5.41 Å². The van der Waals surface area contributed by atoms with Crippen LogP contribution in [0.2, 0.25) is 0 Å². The van der Waals surface area contributed by atoms with Gasteiger partial charge in [-0.25, -0.2) is 4.68 Å². The van der Waals surface area contributed by atoms with E-state index in [1.807, 2.05) is 27.0 Å². The molecule has 0 radical (unpaired) electrons. The van der Waals surface area contributed by atoms with Gasteiger partial charge in [0, 0.05) is 49.2 Å². The maximum atomic E-state index is 13.9. The van der Waals surface area contributed by atoms with Crippen molar-refractivity contribution in [3.63, 3.8) is 0 Å². The van der Waals surface area contributed by atoms with Gasteiger partial charge in [0.05, 0.1) is 11.8 Å². The van der Waals surface area contributed by atoms with Gasteiger partial charge in [0.15, 0.2) is 0 Å². The van der Waals surface area contributed by atoms with Gasteiger partial charge in [-0.05, 0) is 56.8 Å². The summed E-state index contributed by atoms with van der Waals surface area (Å²) in [6.07, 6.45) is 10.8. The minimum Gasteiger partial charge on any atom is -0.391 e.